The van der Waals surface area contributed by atoms with Crippen LogP contribution in [0.5, 0.6) is 0 Å². The molecule has 0 saturated heterocycles. The molecule has 0 amide bonds. The van der Waals surface area contributed by atoms with E-state index in [1.54, 1.807) is 13.1 Å². The second kappa shape index (κ2) is 7.46. The Bertz CT molecular complexity index is 209. The highest BCUT2D eigenvalue weighted by molar-refractivity contribution is 5.83. The molecule has 0 aliphatic heterocycles. The molecule has 0 aliphatic rings. The third kappa shape index (κ3) is 6.02. The van der Waals surface area contributed by atoms with E-state index in [1.807, 2.05) is 13.8 Å². The molecule has 0 rings (SSSR count). The maximum Gasteiger partial charge on any atom is 0.109 e. The molecule has 0 aromatic carbocycles. The van der Waals surface area contributed by atoms with Crippen LogP contribution in [0.4, 0.5) is 0 Å². The van der Waals surface area contributed by atoms with Crippen molar-refractivity contribution in [3.8, 4) is 0 Å². The lowest BCUT2D eigenvalue weighted by Gasteiger charge is -2.03. The molecule has 1 unspecified atom stereocenters. The van der Waals surface area contributed by atoms with Crippen LogP contribution < -0.4 is 0 Å². The van der Waals surface area contributed by atoms with Crippen molar-refractivity contribution >= 4 is 18.3 Å². The third-order valence-corrected chi connectivity index (χ3v) is 1.69. The number of oxime groups is 1. The molecule has 0 fully saturated rings. The van der Waals surface area contributed by atoms with Gasteiger partial charge in [-0.2, -0.15) is 0 Å². The fourth-order valence-electron chi connectivity index (χ4n) is 0.636. The molecule has 0 saturated carbocycles. The summed E-state index contributed by atoms with van der Waals surface area (Å²) in [7, 11) is 0. The SMILES string of the molecule is CC/C=N\C=N/CC(C)/C(C)=N\O. The quantitative estimate of drug-likeness (QED) is 0.301. The molecule has 74 valence electrons. The zero-order valence-corrected chi connectivity index (χ0v) is 8.44. The summed E-state index contributed by atoms with van der Waals surface area (Å²) in [5, 5.41) is 11.6. The van der Waals surface area contributed by atoms with E-state index < -0.39 is 0 Å². The van der Waals surface area contributed by atoms with Gasteiger partial charge >= 0.3 is 0 Å². The Balaban J connectivity index is 3.75. The first-order chi connectivity index (χ1) is 6.22. The average Bonchev–Trinajstić information content (AvgIpc) is 2.16. The normalized spacial score (nSPS) is 15.8. The lowest BCUT2D eigenvalue weighted by Crippen LogP contribution is -2.10. The van der Waals surface area contributed by atoms with Crippen LogP contribution in [0.2, 0.25) is 0 Å². The van der Waals surface area contributed by atoms with Crippen LogP contribution in [0.3, 0.4) is 0 Å². The first kappa shape index (κ1) is 11.8. The topological polar surface area (TPSA) is 57.3 Å². The number of nitrogens with zero attached hydrogens (tertiary/aromatic N) is 3. The second-order valence-corrected chi connectivity index (χ2v) is 2.86. The molecule has 1 atom stereocenters. The van der Waals surface area contributed by atoms with Gasteiger partial charge in [0.05, 0.1) is 5.71 Å². The summed E-state index contributed by atoms with van der Waals surface area (Å²) in [6, 6.07) is 0. The largest absolute Gasteiger partial charge is 0.411 e. The van der Waals surface area contributed by atoms with Gasteiger partial charge in [0.25, 0.3) is 0 Å². The summed E-state index contributed by atoms with van der Waals surface area (Å²) >= 11 is 0. The van der Waals surface area contributed by atoms with Crippen LogP contribution in [0.1, 0.15) is 27.2 Å². The van der Waals surface area contributed by atoms with Crippen LogP contribution in [0, 0.1) is 5.92 Å². The van der Waals surface area contributed by atoms with E-state index in [9.17, 15) is 0 Å². The minimum absolute atomic E-state index is 0.165. The summed E-state index contributed by atoms with van der Waals surface area (Å²) in [4.78, 5) is 7.99. The lowest BCUT2D eigenvalue weighted by atomic mass is 10.1. The van der Waals surface area contributed by atoms with Crippen molar-refractivity contribution in [1.29, 1.82) is 0 Å². The maximum atomic E-state index is 8.45. The first-order valence-corrected chi connectivity index (χ1v) is 4.40. The Hall–Kier alpha value is -1.19. The van der Waals surface area contributed by atoms with Crippen molar-refractivity contribution in [3.63, 3.8) is 0 Å². The molecule has 0 aromatic rings. The summed E-state index contributed by atoms with van der Waals surface area (Å²) in [6.07, 6.45) is 4.24. The van der Waals surface area contributed by atoms with E-state index in [4.69, 9.17) is 5.21 Å². The van der Waals surface area contributed by atoms with Gasteiger partial charge in [0.15, 0.2) is 0 Å². The van der Waals surface area contributed by atoms with Gasteiger partial charge in [-0.25, -0.2) is 4.99 Å². The molecule has 0 aliphatic carbocycles. The van der Waals surface area contributed by atoms with E-state index in [2.05, 4.69) is 15.1 Å². The van der Waals surface area contributed by atoms with Crippen LogP contribution in [-0.4, -0.2) is 30.0 Å². The van der Waals surface area contributed by atoms with Crippen molar-refractivity contribution in [3.05, 3.63) is 0 Å². The standard InChI is InChI=1S/C9H17N3O/c1-4-5-10-7-11-6-8(2)9(3)12-13/h5,7-8,13H,4,6H2,1-3H3/b10-5-,11-7-,12-9-. The first-order valence-electron chi connectivity index (χ1n) is 4.40. The molecule has 0 bridgehead atoms. The summed E-state index contributed by atoms with van der Waals surface area (Å²) in [5.41, 5.74) is 0.691. The van der Waals surface area contributed by atoms with Gasteiger partial charge in [0.1, 0.15) is 6.34 Å². The molecule has 0 spiro atoms. The third-order valence-electron chi connectivity index (χ3n) is 1.69. The Morgan fingerprint density at radius 3 is 2.77 bits per heavy atom. The Morgan fingerprint density at radius 2 is 2.23 bits per heavy atom. The van der Waals surface area contributed by atoms with Crippen molar-refractivity contribution in [2.45, 2.75) is 27.2 Å². The number of rotatable bonds is 5. The zero-order chi connectivity index (χ0) is 10.1. The molecule has 1 N–H and O–H groups in total. The van der Waals surface area contributed by atoms with Crippen LogP contribution in [0.25, 0.3) is 0 Å². The second-order valence-electron chi connectivity index (χ2n) is 2.86. The van der Waals surface area contributed by atoms with Gasteiger partial charge in [-0.3, -0.25) is 4.99 Å². The van der Waals surface area contributed by atoms with E-state index in [1.165, 1.54) is 6.34 Å². The maximum absolute atomic E-state index is 8.45. The molecular formula is C9H17N3O. The van der Waals surface area contributed by atoms with E-state index in [0.29, 0.717) is 12.3 Å². The lowest BCUT2D eigenvalue weighted by molar-refractivity contribution is 0.315. The predicted molar refractivity (Wildman–Crippen MR) is 56.2 cm³/mol. The molecule has 4 nitrogen and oxygen atoms in total. The highest BCUT2D eigenvalue weighted by Crippen LogP contribution is 1.98. The van der Waals surface area contributed by atoms with Crippen molar-refractivity contribution < 1.29 is 5.21 Å². The van der Waals surface area contributed by atoms with Gasteiger partial charge < -0.3 is 5.21 Å². The number of aliphatic imine (C=N–C) groups is 2. The van der Waals surface area contributed by atoms with Crippen LogP contribution in [0.15, 0.2) is 15.1 Å². The monoisotopic (exact) mass is 183 g/mol. The minimum atomic E-state index is 0.165. The Morgan fingerprint density at radius 1 is 1.54 bits per heavy atom. The van der Waals surface area contributed by atoms with Crippen LogP contribution >= 0.6 is 0 Å². The van der Waals surface area contributed by atoms with Crippen molar-refractivity contribution in [2.75, 3.05) is 6.54 Å². The van der Waals surface area contributed by atoms with Gasteiger partial charge in [0.2, 0.25) is 0 Å². The molecule has 13 heavy (non-hydrogen) atoms. The zero-order valence-electron chi connectivity index (χ0n) is 8.44. The highest BCUT2D eigenvalue weighted by Gasteiger charge is 2.03. The van der Waals surface area contributed by atoms with Gasteiger partial charge in [-0.1, -0.05) is 19.0 Å². The molecule has 4 heteroatoms. The van der Waals surface area contributed by atoms with E-state index in [0.717, 1.165) is 6.42 Å². The van der Waals surface area contributed by atoms with Gasteiger partial charge in [-0.15, -0.1) is 0 Å². The highest BCUT2D eigenvalue weighted by atomic mass is 16.4. The predicted octanol–water partition coefficient (Wildman–Crippen LogP) is 1.98. The van der Waals surface area contributed by atoms with E-state index in [-0.39, 0.29) is 5.92 Å². The summed E-state index contributed by atoms with van der Waals surface area (Å²) < 4.78 is 0. The Labute approximate surface area is 79.1 Å². The molecule has 0 aromatic heterocycles. The number of hydrogen-bond donors (Lipinski definition) is 1. The van der Waals surface area contributed by atoms with Gasteiger partial charge in [-0.05, 0) is 13.3 Å². The molecule has 0 heterocycles. The van der Waals surface area contributed by atoms with Gasteiger partial charge in [0, 0.05) is 18.7 Å². The van der Waals surface area contributed by atoms with Crippen molar-refractivity contribution in [2.24, 2.45) is 21.1 Å². The fourth-order valence-corrected chi connectivity index (χ4v) is 0.636. The average molecular weight is 183 g/mol. The smallest absolute Gasteiger partial charge is 0.109 e. The van der Waals surface area contributed by atoms with Crippen LogP contribution in [-0.2, 0) is 0 Å². The van der Waals surface area contributed by atoms with E-state index >= 15 is 0 Å². The van der Waals surface area contributed by atoms with Crippen molar-refractivity contribution in [1.82, 2.24) is 0 Å². The summed E-state index contributed by atoms with van der Waals surface area (Å²) in [5.74, 6) is 0.165. The molecular weight excluding hydrogens is 166 g/mol. The fraction of sp³-hybridized carbons (Fsp3) is 0.667. The summed E-state index contributed by atoms with van der Waals surface area (Å²) in [6.45, 7) is 6.35. The minimum Gasteiger partial charge on any atom is -0.411 e. The molecule has 0 radical (unpaired) electrons. The number of hydrogen-bond acceptors (Lipinski definition) is 3. The Kier molecular flexibility index (Phi) is 6.78.